The van der Waals surface area contributed by atoms with Crippen molar-refractivity contribution in [2.45, 2.75) is 24.3 Å². The smallest absolute Gasteiger partial charge is 0.328 e. The molecule has 0 amide bonds. The lowest BCUT2D eigenvalue weighted by atomic mass is 10.2. The van der Waals surface area contributed by atoms with Crippen molar-refractivity contribution < 1.29 is 13.5 Å². The molecule has 0 spiro atoms. The van der Waals surface area contributed by atoms with E-state index >= 15 is 0 Å². The fraction of sp³-hybridized carbons (Fsp3) is 0.316. The first kappa shape index (κ1) is 19.2. The summed E-state index contributed by atoms with van der Waals surface area (Å²) in [7, 11) is -0.669. The van der Waals surface area contributed by atoms with Crippen molar-refractivity contribution in [2.75, 3.05) is 10.8 Å². The van der Waals surface area contributed by atoms with E-state index in [0.717, 1.165) is 0 Å². The van der Waals surface area contributed by atoms with Crippen LogP contribution in [0.4, 0.5) is 5.69 Å². The van der Waals surface area contributed by atoms with Gasteiger partial charge in [0.05, 0.1) is 34.3 Å². The molecule has 0 saturated carbocycles. The number of aryl methyl sites for hydroxylation is 2. The Labute approximate surface area is 158 Å². The first-order valence-corrected chi connectivity index (χ1v) is 10.1. The molecule has 1 N–H and O–H groups in total. The summed E-state index contributed by atoms with van der Waals surface area (Å²) >= 11 is 0. The van der Waals surface area contributed by atoms with Crippen LogP contribution in [0.5, 0.6) is 0 Å². The molecule has 0 radical (unpaired) electrons. The van der Waals surface area contributed by atoms with Crippen LogP contribution >= 0.6 is 0 Å². The lowest BCUT2D eigenvalue weighted by Crippen LogP contribution is -2.37. The summed E-state index contributed by atoms with van der Waals surface area (Å²) in [5, 5.41) is 10.1. The van der Waals surface area contributed by atoms with Crippen LogP contribution in [0.2, 0.25) is 0 Å². The monoisotopic (exact) mass is 389 g/mol. The number of anilines is 1. The Hall–Kier alpha value is -2.58. The van der Waals surface area contributed by atoms with Gasteiger partial charge in [-0.05, 0) is 36.8 Å². The van der Waals surface area contributed by atoms with E-state index in [-0.39, 0.29) is 17.1 Å². The van der Waals surface area contributed by atoms with E-state index in [1.54, 1.807) is 57.4 Å². The molecule has 144 valence electrons. The summed E-state index contributed by atoms with van der Waals surface area (Å²) in [6.45, 7) is 1.75. The molecule has 3 aromatic rings. The molecular formula is C19H23N3O4S. The van der Waals surface area contributed by atoms with Crippen LogP contribution in [0, 0.1) is 0 Å². The molecule has 0 fully saturated rings. The van der Waals surface area contributed by atoms with E-state index in [9.17, 15) is 18.3 Å². The standard InChI is InChI=1S/C19H23N3O4S/c1-4-15(23)13-22(14-8-6-5-7-9-14)27(25,26)16-10-11-17-18(12-16)21(3)19(24)20(17)2/h5-12,15,23H,4,13H2,1-3H3. The van der Waals surface area contributed by atoms with Gasteiger partial charge in [-0.2, -0.15) is 0 Å². The Morgan fingerprint density at radius 3 is 2.30 bits per heavy atom. The normalized spacial score (nSPS) is 13.0. The quantitative estimate of drug-likeness (QED) is 0.697. The number of benzene rings is 2. The fourth-order valence-electron chi connectivity index (χ4n) is 3.03. The number of fused-ring (bicyclic) bond motifs is 1. The molecule has 0 aliphatic rings. The Bertz CT molecular complexity index is 1120. The summed E-state index contributed by atoms with van der Waals surface area (Å²) in [6.07, 6.45) is -0.352. The third kappa shape index (κ3) is 3.38. The molecule has 2 aromatic carbocycles. The van der Waals surface area contributed by atoms with E-state index in [1.165, 1.54) is 25.6 Å². The summed E-state index contributed by atoms with van der Waals surface area (Å²) in [5.74, 6) is 0. The molecule has 1 aromatic heterocycles. The SMILES string of the molecule is CCC(O)CN(c1ccccc1)S(=O)(=O)c1ccc2c(c1)n(C)c(=O)n2C. The Kier molecular flexibility index (Phi) is 5.12. The molecular weight excluding hydrogens is 366 g/mol. The topological polar surface area (TPSA) is 84.5 Å². The lowest BCUT2D eigenvalue weighted by Gasteiger charge is -2.26. The van der Waals surface area contributed by atoms with Gasteiger partial charge in [-0.1, -0.05) is 25.1 Å². The van der Waals surface area contributed by atoms with Gasteiger partial charge in [0.2, 0.25) is 0 Å². The van der Waals surface area contributed by atoms with Crippen molar-refractivity contribution in [1.29, 1.82) is 0 Å². The zero-order valence-electron chi connectivity index (χ0n) is 15.5. The summed E-state index contributed by atoms with van der Waals surface area (Å²) < 4.78 is 30.8. The number of hydrogen-bond acceptors (Lipinski definition) is 4. The van der Waals surface area contributed by atoms with E-state index in [0.29, 0.717) is 23.1 Å². The highest BCUT2D eigenvalue weighted by molar-refractivity contribution is 7.92. The third-order valence-electron chi connectivity index (χ3n) is 4.72. The molecule has 8 heteroatoms. The second kappa shape index (κ2) is 7.21. The van der Waals surface area contributed by atoms with Crippen molar-refractivity contribution >= 4 is 26.7 Å². The number of sulfonamides is 1. The summed E-state index contributed by atoms with van der Waals surface area (Å²) in [5.41, 5.74) is 1.45. The number of rotatable bonds is 6. The zero-order chi connectivity index (χ0) is 19.8. The molecule has 0 aliphatic heterocycles. The Morgan fingerprint density at radius 1 is 1.04 bits per heavy atom. The van der Waals surface area contributed by atoms with Gasteiger partial charge in [-0.15, -0.1) is 0 Å². The van der Waals surface area contributed by atoms with Gasteiger partial charge >= 0.3 is 5.69 Å². The van der Waals surface area contributed by atoms with E-state index < -0.39 is 16.1 Å². The van der Waals surface area contributed by atoms with E-state index in [4.69, 9.17) is 0 Å². The molecule has 3 rings (SSSR count). The maximum Gasteiger partial charge on any atom is 0.328 e. The van der Waals surface area contributed by atoms with Gasteiger partial charge in [0.1, 0.15) is 0 Å². The molecule has 1 heterocycles. The van der Waals surface area contributed by atoms with E-state index in [2.05, 4.69) is 0 Å². The van der Waals surface area contributed by atoms with Crippen molar-refractivity contribution in [3.8, 4) is 0 Å². The molecule has 1 unspecified atom stereocenters. The average molecular weight is 389 g/mol. The maximum absolute atomic E-state index is 13.4. The number of imidazole rings is 1. The minimum atomic E-state index is -3.92. The van der Waals surface area contributed by atoms with Crippen LogP contribution in [0.25, 0.3) is 11.0 Å². The van der Waals surface area contributed by atoms with Crippen LogP contribution in [0.1, 0.15) is 13.3 Å². The average Bonchev–Trinajstić information content (AvgIpc) is 2.90. The number of aliphatic hydroxyl groups is 1. The number of para-hydroxylation sites is 1. The number of hydrogen-bond donors (Lipinski definition) is 1. The van der Waals surface area contributed by atoms with Crippen LogP contribution in [0.3, 0.4) is 0 Å². The minimum absolute atomic E-state index is 0.0470. The first-order valence-electron chi connectivity index (χ1n) is 8.68. The summed E-state index contributed by atoms with van der Waals surface area (Å²) in [4.78, 5) is 12.2. The highest BCUT2D eigenvalue weighted by atomic mass is 32.2. The van der Waals surface area contributed by atoms with Gasteiger partial charge in [0.15, 0.2) is 0 Å². The van der Waals surface area contributed by atoms with Gasteiger partial charge in [-0.25, -0.2) is 13.2 Å². The maximum atomic E-state index is 13.4. The van der Waals surface area contributed by atoms with Crippen molar-refractivity contribution in [1.82, 2.24) is 9.13 Å². The largest absolute Gasteiger partial charge is 0.391 e. The van der Waals surface area contributed by atoms with Crippen LogP contribution in [-0.2, 0) is 24.1 Å². The molecule has 0 saturated heterocycles. The predicted octanol–water partition coefficient (Wildman–Crippen LogP) is 1.84. The number of nitrogens with zero attached hydrogens (tertiary/aromatic N) is 3. The second-order valence-corrected chi connectivity index (χ2v) is 8.35. The van der Waals surface area contributed by atoms with Crippen LogP contribution in [-0.4, -0.2) is 35.3 Å². The van der Waals surface area contributed by atoms with Gasteiger partial charge in [0.25, 0.3) is 10.0 Å². The minimum Gasteiger partial charge on any atom is -0.391 e. The van der Waals surface area contributed by atoms with Crippen molar-refractivity contribution in [2.24, 2.45) is 14.1 Å². The lowest BCUT2D eigenvalue weighted by molar-refractivity contribution is 0.179. The zero-order valence-corrected chi connectivity index (χ0v) is 16.3. The molecule has 0 bridgehead atoms. The van der Waals surface area contributed by atoms with Crippen molar-refractivity contribution in [3.63, 3.8) is 0 Å². The number of aliphatic hydroxyl groups excluding tert-OH is 1. The fourth-order valence-corrected chi connectivity index (χ4v) is 4.55. The van der Waals surface area contributed by atoms with Gasteiger partial charge < -0.3 is 5.11 Å². The summed E-state index contributed by atoms with van der Waals surface area (Å²) in [6, 6.07) is 13.3. The van der Waals surface area contributed by atoms with E-state index in [1.807, 2.05) is 0 Å². The highest BCUT2D eigenvalue weighted by Crippen LogP contribution is 2.26. The second-order valence-electron chi connectivity index (χ2n) is 6.48. The molecule has 27 heavy (non-hydrogen) atoms. The van der Waals surface area contributed by atoms with Gasteiger partial charge in [-0.3, -0.25) is 13.4 Å². The first-order chi connectivity index (χ1) is 12.8. The molecule has 0 aliphatic carbocycles. The molecule has 1 atom stereocenters. The number of aromatic nitrogens is 2. The predicted molar refractivity (Wildman–Crippen MR) is 105 cm³/mol. The van der Waals surface area contributed by atoms with Gasteiger partial charge in [0, 0.05) is 14.1 Å². The van der Waals surface area contributed by atoms with Crippen molar-refractivity contribution in [3.05, 3.63) is 59.0 Å². The van der Waals surface area contributed by atoms with Crippen LogP contribution < -0.4 is 9.99 Å². The Morgan fingerprint density at radius 2 is 1.67 bits per heavy atom. The molecule has 7 nitrogen and oxygen atoms in total. The van der Waals surface area contributed by atoms with Crippen LogP contribution in [0.15, 0.2) is 58.2 Å². The Balaban J connectivity index is 2.15. The third-order valence-corrected chi connectivity index (χ3v) is 6.51. The highest BCUT2D eigenvalue weighted by Gasteiger charge is 2.27.